The number of rotatable bonds is 2. The van der Waals surface area contributed by atoms with Gasteiger partial charge in [-0.2, -0.15) is 0 Å². The second-order valence-electron chi connectivity index (χ2n) is 5.79. The van der Waals surface area contributed by atoms with Crippen molar-refractivity contribution < 1.29 is 4.79 Å². The molecule has 1 amide bonds. The molecule has 0 unspecified atom stereocenters. The number of nitrogens with zero attached hydrogens (tertiary/aromatic N) is 1. The molecule has 0 atom stereocenters. The summed E-state index contributed by atoms with van der Waals surface area (Å²) in [6.07, 6.45) is 2.86. The summed E-state index contributed by atoms with van der Waals surface area (Å²) in [6, 6.07) is 0. The van der Waals surface area contributed by atoms with Gasteiger partial charge >= 0.3 is 0 Å². The Balaban J connectivity index is 2.08. The molecule has 2 saturated heterocycles. The Morgan fingerprint density at radius 3 is 2.59 bits per heavy atom. The Hall–Kier alpha value is -0.610. The Morgan fingerprint density at radius 2 is 1.94 bits per heavy atom. The molecule has 0 radical (unpaired) electrons. The van der Waals surface area contributed by atoms with Gasteiger partial charge in [0.15, 0.2) is 0 Å². The van der Waals surface area contributed by atoms with E-state index in [2.05, 4.69) is 29.4 Å². The second-order valence-corrected chi connectivity index (χ2v) is 5.79. The number of carbonyl (C=O) groups excluding carboxylic acids is 1. The van der Waals surface area contributed by atoms with Crippen molar-refractivity contribution in [1.29, 1.82) is 0 Å². The Kier molecular flexibility index (Phi) is 4.05. The summed E-state index contributed by atoms with van der Waals surface area (Å²) >= 11 is 0. The molecular formula is C13H25N3O. The van der Waals surface area contributed by atoms with E-state index < -0.39 is 0 Å². The molecule has 2 heterocycles. The number of hydrogen-bond acceptors (Lipinski definition) is 3. The third-order valence-electron chi connectivity index (χ3n) is 3.96. The molecule has 0 aromatic heterocycles. The van der Waals surface area contributed by atoms with Crippen LogP contribution in [0.15, 0.2) is 0 Å². The van der Waals surface area contributed by atoms with Crippen molar-refractivity contribution in [2.45, 2.75) is 38.6 Å². The van der Waals surface area contributed by atoms with Crippen molar-refractivity contribution in [3.63, 3.8) is 0 Å². The molecule has 2 aliphatic rings. The molecule has 98 valence electrons. The first-order chi connectivity index (χ1) is 8.14. The van der Waals surface area contributed by atoms with Crippen LogP contribution in [0.2, 0.25) is 0 Å². The fourth-order valence-corrected chi connectivity index (χ4v) is 3.03. The van der Waals surface area contributed by atoms with E-state index in [1.54, 1.807) is 0 Å². The lowest BCUT2D eigenvalue weighted by molar-refractivity contribution is -0.141. The highest BCUT2D eigenvalue weighted by atomic mass is 16.2. The van der Waals surface area contributed by atoms with Crippen LogP contribution in [-0.4, -0.2) is 49.1 Å². The predicted molar refractivity (Wildman–Crippen MR) is 68.9 cm³/mol. The van der Waals surface area contributed by atoms with Gasteiger partial charge in [-0.1, -0.05) is 13.8 Å². The normalized spacial score (nSPS) is 24.3. The smallest absolute Gasteiger partial charge is 0.223 e. The number of piperidine rings is 1. The van der Waals surface area contributed by atoms with E-state index in [1.807, 2.05) is 0 Å². The first kappa shape index (κ1) is 12.8. The fraction of sp³-hybridized carbons (Fsp3) is 0.923. The number of nitrogens with one attached hydrogen (secondary N) is 2. The molecule has 0 aromatic carbocycles. The summed E-state index contributed by atoms with van der Waals surface area (Å²) in [6.45, 7) is 9.10. The van der Waals surface area contributed by atoms with E-state index >= 15 is 0 Å². The minimum Gasteiger partial charge on any atom is -0.334 e. The first-order valence-electron chi connectivity index (χ1n) is 6.86. The summed E-state index contributed by atoms with van der Waals surface area (Å²) in [5.41, 5.74) is 0.0927. The maximum absolute atomic E-state index is 12.4. The highest BCUT2D eigenvalue weighted by Crippen LogP contribution is 2.28. The highest BCUT2D eigenvalue weighted by Gasteiger charge is 2.41. The van der Waals surface area contributed by atoms with Gasteiger partial charge < -0.3 is 15.5 Å². The molecule has 1 spiro atoms. The van der Waals surface area contributed by atoms with Gasteiger partial charge in [0.25, 0.3) is 0 Å². The van der Waals surface area contributed by atoms with E-state index in [0.29, 0.717) is 18.2 Å². The molecule has 2 aliphatic heterocycles. The predicted octanol–water partition coefficient (Wildman–Crippen LogP) is 0.587. The molecule has 2 rings (SSSR count). The van der Waals surface area contributed by atoms with Gasteiger partial charge in [-0.05, 0) is 31.8 Å². The van der Waals surface area contributed by atoms with Gasteiger partial charge in [0.2, 0.25) is 5.91 Å². The molecule has 4 nitrogen and oxygen atoms in total. The summed E-state index contributed by atoms with van der Waals surface area (Å²) in [5, 5.41) is 6.85. The van der Waals surface area contributed by atoms with E-state index in [4.69, 9.17) is 0 Å². The second kappa shape index (κ2) is 5.36. The standard InChI is InChI=1S/C13H25N3O/c1-11(2)9-12(17)16-8-7-15-10-13(16)3-5-14-6-4-13/h11,14-15H,3-10H2,1-2H3. The van der Waals surface area contributed by atoms with Crippen molar-refractivity contribution >= 4 is 5.91 Å². The van der Waals surface area contributed by atoms with E-state index in [9.17, 15) is 4.79 Å². The minimum absolute atomic E-state index is 0.0927. The summed E-state index contributed by atoms with van der Waals surface area (Å²) in [5.74, 6) is 0.805. The van der Waals surface area contributed by atoms with Gasteiger partial charge in [0.1, 0.15) is 0 Å². The molecular weight excluding hydrogens is 214 g/mol. The maximum atomic E-state index is 12.4. The van der Waals surface area contributed by atoms with Crippen LogP contribution in [0.1, 0.15) is 33.1 Å². The van der Waals surface area contributed by atoms with Crippen LogP contribution in [0.4, 0.5) is 0 Å². The summed E-state index contributed by atoms with van der Waals surface area (Å²) in [7, 11) is 0. The van der Waals surface area contributed by atoms with Crippen molar-refractivity contribution in [2.75, 3.05) is 32.7 Å². The minimum atomic E-state index is 0.0927. The van der Waals surface area contributed by atoms with Gasteiger partial charge in [-0.25, -0.2) is 0 Å². The van der Waals surface area contributed by atoms with Gasteiger partial charge in [-0.15, -0.1) is 0 Å². The van der Waals surface area contributed by atoms with E-state index in [-0.39, 0.29) is 5.54 Å². The number of amides is 1. The Bertz CT molecular complexity index is 264. The average Bonchev–Trinajstić information content (AvgIpc) is 2.29. The zero-order chi connectivity index (χ0) is 12.3. The quantitative estimate of drug-likeness (QED) is 0.741. The summed E-state index contributed by atoms with van der Waals surface area (Å²) in [4.78, 5) is 14.5. The van der Waals surface area contributed by atoms with Gasteiger partial charge in [0.05, 0.1) is 5.54 Å². The van der Waals surface area contributed by atoms with Crippen LogP contribution in [0, 0.1) is 5.92 Å². The van der Waals surface area contributed by atoms with Crippen LogP contribution in [0.5, 0.6) is 0 Å². The summed E-state index contributed by atoms with van der Waals surface area (Å²) < 4.78 is 0. The first-order valence-corrected chi connectivity index (χ1v) is 6.86. The third-order valence-corrected chi connectivity index (χ3v) is 3.96. The topological polar surface area (TPSA) is 44.4 Å². The lowest BCUT2D eigenvalue weighted by Crippen LogP contribution is -2.66. The van der Waals surface area contributed by atoms with Crippen LogP contribution in [-0.2, 0) is 4.79 Å². The largest absolute Gasteiger partial charge is 0.334 e. The molecule has 0 aromatic rings. The number of carbonyl (C=O) groups is 1. The van der Waals surface area contributed by atoms with Gasteiger partial charge in [-0.3, -0.25) is 4.79 Å². The van der Waals surface area contributed by atoms with Crippen LogP contribution >= 0.6 is 0 Å². The molecule has 0 saturated carbocycles. The van der Waals surface area contributed by atoms with Crippen LogP contribution in [0.25, 0.3) is 0 Å². The van der Waals surface area contributed by atoms with Crippen LogP contribution in [0.3, 0.4) is 0 Å². The van der Waals surface area contributed by atoms with Crippen molar-refractivity contribution in [1.82, 2.24) is 15.5 Å². The number of piperazine rings is 1. The number of hydrogen-bond donors (Lipinski definition) is 2. The maximum Gasteiger partial charge on any atom is 0.223 e. The SMILES string of the molecule is CC(C)CC(=O)N1CCNCC12CCNCC2. The Morgan fingerprint density at radius 1 is 1.24 bits per heavy atom. The Labute approximate surface area is 104 Å². The molecule has 4 heteroatoms. The molecule has 17 heavy (non-hydrogen) atoms. The van der Waals surface area contributed by atoms with E-state index in [1.165, 1.54) is 0 Å². The molecule has 2 N–H and O–H groups in total. The average molecular weight is 239 g/mol. The lowest BCUT2D eigenvalue weighted by Gasteiger charge is -2.50. The van der Waals surface area contributed by atoms with Crippen molar-refractivity contribution in [2.24, 2.45) is 5.92 Å². The van der Waals surface area contributed by atoms with Crippen molar-refractivity contribution in [3.05, 3.63) is 0 Å². The molecule has 0 bridgehead atoms. The zero-order valence-corrected chi connectivity index (χ0v) is 11.1. The highest BCUT2D eigenvalue weighted by molar-refractivity contribution is 5.77. The van der Waals surface area contributed by atoms with Gasteiger partial charge in [0, 0.05) is 26.1 Å². The van der Waals surface area contributed by atoms with E-state index in [0.717, 1.165) is 45.6 Å². The monoisotopic (exact) mass is 239 g/mol. The lowest BCUT2D eigenvalue weighted by atomic mass is 9.84. The zero-order valence-electron chi connectivity index (χ0n) is 11.1. The van der Waals surface area contributed by atoms with Crippen LogP contribution < -0.4 is 10.6 Å². The fourth-order valence-electron chi connectivity index (χ4n) is 3.03. The molecule has 0 aliphatic carbocycles. The molecule has 2 fully saturated rings. The third kappa shape index (κ3) is 2.80. The van der Waals surface area contributed by atoms with Crippen molar-refractivity contribution in [3.8, 4) is 0 Å².